The number of rotatable bonds is 5. The molecule has 1 saturated heterocycles. The third-order valence-electron chi connectivity index (χ3n) is 5.43. The zero-order valence-electron chi connectivity index (χ0n) is 15.5. The normalized spacial score (nSPS) is 16.9. The molecule has 2 aromatic rings. The van der Waals surface area contributed by atoms with Crippen LogP contribution in [0.1, 0.15) is 44.7 Å². The topological polar surface area (TPSA) is 102 Å². The Morgan fingerprint density at radius 1 is 1.35 bits per heavy atom. The number of aliphatic carboxylic acids is 1. The number of aryl methyl sites for hydroxylation is 1. The number of imidazole rings is 1. The zero-order chi connectivity index (χ0) is 19.1. The largest absolute Gasteiger partial charge is 0.477 e. The summed E-state index contributed by atoms with van der Waals surface area (Å²) in [6.07, 6.45) is 1.86. The maximum Gasteiger partial charge on any atom is 0.349 e. The van der Waals surface area contributed by atoms with Crippen LogP contribution in [-0.2, 0) is 4.79 Å². The number of benzene rings is 1. The fourth-order valence-corrected chi connectivity index (χ4v) is 3.96. The minimum Gasteiger partial charge on any atom is -0.477 e. The molecular weight excluding hydrogens is 332 g/mol. The highest BCUT2D eigenvalue weighted by Crippen LogP contribution is 2.30. The molecule has 0 bridgehead atoms. The molecule has 0 unspecified atom stereocenters. The number of hydrogen-bond donors (Lipinski definition) is 3. The van der Waals surface area contributed by atoms with Gasteiger partial charge in [-0.25, -0.2) is 9.59 Å². The second-order valence-electron chi connectivity index (χ2n) is 7.81. The van der Waals surface area contributed by atoms with Crippen LogP contribution in [0.25, 0.3) is 11.0 Å². The third-order valence-corrected chi connectivity index (χ3v) is 5.43. The molecule has 0 radical (unpaired) electrons. The van der Waals surface area contributed by atoms with Crippen LogP contribution in [0.3, 0.4) is 0 Å². The molecule has 0 amide bonds. The number of carboxylic acid groups (broad SMARTS) is 1. The molecule has 0 saturated carbocycles. The molecule has 1 aromatic carbocycles. The van der Waals surface area contributed by atoms with E-state index in [1.54, 1.807) is 0 Å². The third kappa shape index (κ3) is 3.44. The van der Waals surface area contributed by atoms with Gasteiger partial charge >= 0.3 is 11.7 Å². The monoisotopic (exact) mass is 358 g/mol. The van der Waals surface area contributed by atoms with E-state index in [0.717, 1.165) is 42.5 Å². The van der Waals surface area contributed by atoms with Gasteiger partial charge in [-0.3, -0.25) is 14.9 Å². The van der Waals surface area contributed by atoms with E-state index in [-0.39, 0.29) is 29.4 Å². The van der Waals surface area contributed by atoms with E-state index in [9.17, 15) is 9.59 Å². The van der Waals surface area contributed by atoms with E-state index in [0.29, 0.717) is 0 Å². The molecule has 1 fully saturated rings. The molecule has 7 nitrogen and oxygen atoms in total. The van der Waals surface area contributed by atoms with Crippen LogP contribution in [0.2, 0.25) is 0 Å². The average Bonchev–Trinajstić information content (AvgIpc) is 2.89. The summed E-state index contributed by atoms with van der Waals surface area (Å²) < 4.78 is 1.86. The van der Waals surface area contributed by atoms with Gasteiger partial charge < -0.3 is 10.1 Å². The van der Waals surface area contributed by atoms with Gasteiger partial charge in [-0.15, -0.1) is 0 Å². The molecule has 1 aliphatic heterocycles. The predicted octanol–water partition coefficient (Wildman–Crippen LogP) is 2.55. The van der Waals surface area contributed by atoms with Crippen molar-refractivity contribution in [3.8, 4) is 0 Å². The lowest BCUT2D eigenvalue weighted by atomic mass is 9.91. The van der Waals surface area contributed by atoms with Crippen molar-refractivity contribution >= 4 is 22.7 Å². The summed E-state index contributed by atoms with van der Waals surface area (Å²) in [5.74, 6) is -1.16. The standard InChI is InChI=1S/C19H26N4O3/c1-12-4-5-16-15(10-12)21-18(26)23(16)13-6-8-22(9-7-13)19(2,3)11-14(20)17(24)25/h4-5,10,13,20H,6-9,11H2,1-3H3,(H,21,26)(H,24,25). The van der Waals surface area contributed by atoms with Crippen LogP contribution in [0.4, 0.5) is 0 Å². The molecule has 3 rings (SSSR count). The van der Waals surface area contributed by atoms with E-state index >= 15 is 0 Å². The Morgan fingerprint density at radius 3 is 2.62 bits per heavy atom. The number of fused-ring (bicyclic) bond motifs is 1. The van der Waals surface area contributed by atoms with Crippen molar-refractivity contribution in [2.75, 3.05) is 13.1 Å². The van der Waals surface area contributed by atoms with Crippen molar-refractivity contribution in [2.24, 2.45) is 0 Å². The first kappa shape index (κ1) is 18.4. The molecule has 0 aliphatic carbocycles. The summed E-state index contributed by atoms with van der Waals surface area (Å²) in [4.78, 5) is 28.6. The highest BCUT2D eigenvalue weighted by atomic mass is 16.4. The van der Waals surface area contributed by atoms with Crippen LogP contribution in [0.5, 0.6) is 0 Å². The van der Waals surface area contributed by atoms with E-state index in [2.05, 4.69) is 9.88 Å². The Hall–Kier alpha value is -2.41. The van der Waals surface area contributed by atoms with Crippen LogP contribution in [-0.4, -0.2) is 49.9 Å². The molecule has 1 aromatic heterocycles. The van der Waals surface area contributed by atoms with Gasteiger partial charge in [0.25, 0.3) is 0 Å². The van der Waals surface area contributed by atoms with Crippen LogP contribution < -0.4 is 5.69 Å². The molecular formula is C19H26N4O3. The zero-order valence-corrected chi connectivity index (χ0v) is 15.5. The Morgan fingerprint density at radius 2 is 2.00 bits per heavy atom. The number of nitrogens with zero attached hydrogens (tertiary/aromatic N) is 2. The molecule has 0 spiro atoms. The first-order chi connectivity index (χ1) is 12.2. The molecule has 26 heavy (non-hydrogen) atoms. The van der Waals surface area contributed by atoms with Gasteiger partial charge in [0.2, 0.25) is 0 Å². The number of aromatic nitrogens is 2. The van der Waals surface area contributed by atoms with Gasteiger partial charge in [0.05, 0.1) is 11.0 Å². The first-order valence-corrected chi connectivity index (χ1v) is 8.95. The fourth-order valence-electron chi connectivity index (χ4n) is 3.96. The number of carboxylic acids is 1. The lowest BCUT2D eigenvalue weighted by Gasteiger charge is -2.43. The smallest absolute Gasteiger partial charge is 0.349 e. The number of likely N-dealkylation sites (tertiary alicyclic amines) is 1. The Labute approximate surface area is 152 Å². The lowest BCUT2D eigenvalue weighted by Crippen LogP contribution is -2.50. The van der Waals surface area contributed by atoms with E-state index < -0.39 is 5.97 Å². The molecule has 1 aliphatic rings. The summed E-state index contributed by atoms with van der Waals surface area (Å²) in [7, 11) is 0. The number of nitrogens with one attached hydrogen (secondary N) is 2. The fraction of sp³-hybridized carbons (Fsp3) is 0.526. The molecule has 7 heteroatoms. The van der Waals surface area contributed by atoms with Gasteiger partial charge in [-0.05, 0) is 51.3 Å². The van der Waals surface area contributed by atoms with Crippen molar-refractivity contribution in [2.45, 2.75) is 51.6 Å². The van der Waals surface area contributed by atoms with Crippen molar-refractivity contribution in [3.05, 3.63) is 34.2 Å². The molecule has 0 atom stereocenters. The van der Waals surface area contributed by atoms with Crippen molar-refractivity contribution in [1.82, 2.24) is 14.5 Å². The molecule has 2 heterocycles. The number of H-pyrrole nitrogens is 1. The maximum atomic E-state index is 12.4. The van der Waals surface area contributed by atoms with Crippen LogP contribution in [0, 0.1) is 12.3 Å². The predicted molar refractivity (Wildman–Crippen MR) is 101 cm³/mol. The Balaban J connectivity index is 1.75. The molecule has 140 valence electrons. The van der Waals surface area contributed by atoms with Gasteiger partial charge in [0, 0.05) is 31.1 Å². The van der Waals surface area contributed by atoms with Gasteiger partial charge in [-0.1, -0.05) is 6.07 Å². The Kier molecular flexibility index (Phi) is 4.75. The number of carbonyl (C=O) groups is 1. The summed E-state index contributed by atoms with van der Waals surface area (Å²) in [5.41, 5.74) is 2.20. The van der Waals surface area contributed by atoms with E-state index in [1.807, 2.05) is 43.5 Å². The van der Waals surface area contributed by atoms with E-state index in [4.69, 9.17) is 10.5 Å². The molecule has 3 N–H and O–H groups in total. The second-order valence-corrected chi connectivity index (χ2v) is 7.81. The van der Waals surface area contributed by atoms with Gasteiger partial charge in [0.15, 0.2) is 0 Å². The number of aromatic amines is 1. The number of hydrogen-bond acceptors (Lipinski definition) is 4. The SMILES string of the molecule is Cc1ccc2c(c1)[nH]c(=O)n2C1CCN(C(C)(C)CC(=N)C(=O)O)CC1. The van der Waals surface area contributed by atoms with Crippen molar-refractivity contribution in [1.29, 1.82) is 5.41 Å². The minimum atomic E-state index is -1.16. The number of piperidine rings is 1. The first-order valence-electron chi connectivity index (χ1n) is 8.95. The quantitative estimate of drug-likeness (QED) is 0.715. The summed E-state index contributed by atoms with van der Waals surface area (Å²) in [5, 5.41) is 16.6. The Bertz CT molecular complexity index is 901. The summed E-state index contributed by atoms with van der Waals surface area (Å²) >= 11 is 0. The summed E-state index contributed by atoms with van der Waals surface area (Å²) in [6, 6.07) is 6.13. The van der Waals surface area contributed by atoms with Crippen LogP contribution in [0.15, 0.2) is 23.0 Å². The van der Waals surface area contributed by atoms with Gasteiger partial charge in [0.1, 0.15) is 5.71 Å². The second kappa shape index (κ2) is 6.72. The highest BCUT2D eigenvalue weighted by Gasteiger charge is 2.33. The van der Waals surface area contributed by atoms with Crippen molar-refractivity contribution < 1.29 is 9.90 Å². The summed E-state index contributed by atoms with van der Waals surface area (Å²) in [6.45, 7) is 7.51. The van der Waals surface area contributed by atoms with E-state index in [1.165, 1.54) is 0 Å². The van der Waals surface area contributed by atoms with Gasteiger partial charge in [-0.2, -0.15) is 0 Å². The maximum absolute atomic E-state index is 12.4. The van der Waals surface area contributed by atoms with Crippen LogP contribution >= 0.6 is 0 Å². The van der Waals surface area contributed by atoms with Crippen molar-refractivity contribution in [3.63, 3.8) is 0 Å². The highest BCUT2D eigenvalue weighted by molar-refractivity contribution is 6.34. The lowest BCUT2D eigenvalue weighted by molar-refractivity contribution is -0.129. The minimum absolute atomic E-state index is 0.0732. The average molecular weight is 358 g/mol.